The number of hydrogen-bond acceptors (Lipinski definition) is 5. The van der Waals surface area contributed by atoms with Gasteiger partial charge in [-0.05, 0) is 30.3 Å². The van der Waals surface area contributed by atoms with E-state index in [9.17, 15) is 9.90 Å². The van der Waals surface area contributed by atoms with Gasteiger partial charge in [0.15, 0.2) is 5.65 Å². The van der Waals surface area contributed by atoms with Crippen LogP contribution in [0.25, 0.3) is 38.7 Å². The molecule has 0 atom stereocenters. The lowest BCUT2D eigenvalue weighted by Gasteiger charge is -2.02. The van der Waals surface area contributed by atoms with Gasteiger partial charge >= 0.3 is 5.69 Å². The topological polar surface area (TPSA) is 80.6 Å². The molecule has 0 saturated heterocycles. The van der Waals surface area contributed by atoms with Crippen LogP contribution in [0.4, 0.5) is 0 Å². The third-order valence-corrected chi connectivity index (χ3v) is 3.92. The van der Waals surface area contributed by atoms with Crippen LogP contribution in [0, 0.1) is 0 Å². The van der Waals surface area contributed by atoms with Crippen molar-refractivity contribution in [3.05, 3.63) is 59.0 Å². The highest BCUT2D eigenvalue weighted by atomic mass is 16.3. The van der Waals surface area contributed by atoms with Crippen LogP contribution in [-0.2, 0) is 0 Å². The molecule has 3 heterocycles. The molecule has 0 amide bonds. The second kappa shape index (κ2) is 4.07. The molecule has 3 aromatic heterocycles. The highest BCUT2D eigenvalue weighted by Gasteiger charge is 2.14. The molecule has 0 unspecified atom stereocenters. The number of imidazole rings is 1. The van der Waals surface area contributed by atoms with Crippen molar-refractivity contribution in [3.8, 4) is 5.75 Å². The van der Waals surface area contributed by atoms with Crippen LogP contribution in [0.15, 0.2) is 57.7 Å². The Morgan fingerprint density at radius 3 is 2.83 bits per heavy atom. The molecule has 1 N–H and O–H groups in total. The molecule has 0 bridgehead atoms. The van der Waals surface area contributed by atoms with Crippen LogP contribution in [0.2, 0.25) is 0 Å². The van der Waals surface area contributed by atoms with Gasteiger partial charge < -0.3 is 9.52 Å². The fourth-order valence-electron chi connectivity index (χ4n) is 2.89. The molecule has 6 nitrogen and oxygen atoms in total. The molecule has 5 aromatic rings. The Kier molecular flexibility index (Phi) is 2.15. The van der Waals surface area contributed by atoms with Crippen molar-refractivity contribution in [3.63, 3.8) is 0 Å². The second-order valence-electron chi connectivity index (χ2n) is 5.34. The summed E-state index contributed by atoms with van der Waals surface area (Å²) in [7, 11) is 0. The lowest BCUT2D eigenvalue weighted by molar-refractivity contribution is 0.474. The monoisotopic (exact) mass is 303 g/mol. The molecular formula is C17H9N3O3. The summed E-state index contributed by atoms with van der Waals surface area (Å²) < 4.78 is 7.17. The van der Waals surface area contributed by atoms with Gasteiger partial charge in [0.1, 0.15) is 11.3 Å². The van der Waals surface area contributed by atoms with Gasteiger partial charge in [-0.1, -0.05) is 12.1 Å². The van der Waals surface area contributed by atoms with E-state index in [1.165, 1.54) is 10.5 Å². The Morgan fingerprint density at radius 1 is 1.04 bits per heavy atom. The van der Waals surface area contributed by atoms with Crippen LogP contribution >= 0.6 is 0 Å². The van der Waals surface area contributed by atoms with Crippen LogP contribution in [0.5, 0.6) is 5.75 Å². The van der Waals surface area contributed by atoms with Crippen molar-refractivity contribution < 1.29 is 9.52 Å². The number of phenols is 1. The minimum Gasteiger partial charge on any atom is -0.508 e. The van der Waals surface area contributed by atoms with Crippen molar-refractivity contribution >= 4 is 38.7 Å². The maximum Gasteiger partial charge on any atom is 0.357 e. The van der Waals surface area contributed by atoms with E-state index in [-0.39, 0.29) is 11.5 Å². The molecule has 0 radical (unpaired) electrons. The highest BCUT2D eigenvalue weighted by Crippen LogP contribution is 2.27. The van der Waals surface area contributed by atoms with E-state index in [2.05, 4.69) is 9.97 Å². The minimum absolute atomic E-state index is 0.0931. The van der Waals surface area contributed by atoms with E-state index >= 15 is 0 Å². The predicted octanol–water partition coefficient (Wildman–Crippen LogP) is 2.85. The standard InChI is InChI=1S/C17H9N3O3/c21-10-6-5-9-7-11-15-18-12-3-1-2-4-13(12)20(15)17(22)19-16(11)23-14(9)8-10/h1-8,21H. The first-order valence-electron chi connectivity index (χ1n) is 7.04. The van der Waals surface area contributed by atoms with Gasteiger partial charge in [0.05, 0.1) is 16.4 Å². The number of nitrogens with zero attached hydrogens (tertiary/aromatic N) is 3. The molecule has 0 fully saturated rings. The van der Waals surface area contributed by atoms with E-state index in [0.29, 0.717) is 22.1 Å². The molecule has 2 aromatic carbocycles. The zero-order valence-corrected chi connectivity index (χ0v) is 11.7. The van der Waals surface area contributed by atoms with Gasteiger partial charge in [-0.15, -0.1) is 0 Å². The van der Waals surface area contributed by atoms with E-state index in [0.717, 1.165) is 10.9 Å². The number of fused-ring (bicyclic) bond motifs is 6. The number of benzene rings is 2. The Hall–Kier alpha value is -3.41. The fourth-order valence-corrected chi connectivity index (χ4v) is 2.89. The fraction of sp³-hybridized carbons (Fsp3) is 0. The Morgan fingerprint density at radius 2 is 1.91 bits per heavy atom. The maximum atomic E-state index is 12.4. The maximum absolute atomic E-state index is 12.4. The van der Waals surface area contributed by atoms with Gasteiger partial charge in [-0.2, -0.15) is 4.98 Å². The van der Waals surface area contributed by atoms with E-state index in [4.69, 9.17) is 4.42 Å². The second-order valence-corrected chi connectivity index (χ2v) is 5.34. The van der Waals surface area contributed by atoms with Crippen molar-refractivity contribution in [2.24, 2.45) is 0 Å². The van der Waals surface area contributed by atoms with E-state index < -0.39 is 5.69 Å². The predicted molar refractivity (Wildman–Crippen MR) is 85.7 cm³/mol. The summed E-state index contributed by atoms with van der Waals surface area (Å²) in [5, 5.41) is 11.0. The summed E-state index contributed by atoms with van der Waals surface area (Å²) in [5.41, 5.74) is 2.18. The van der Waals surface area contributed by atoms with Gasteiger partial charge in [0.2, 0.25) is 5.71 Å². The normalized spacial score (nSPS) is 11.8. The molecule has 23 heavy (non-hydrogen) atoms. The lowest BCUT2D eigenvalue weighted by Crippen LogP contribution is -2.15. The smallest absolute Gasteiger partial charge is 0.357 e. The lowest BCUT2D eigenvalue weighted by atomic mass is 10.2. The van der Waals surface area contributed by atoms with Gasteiger partial charge in [0.25, 0.3) is 0 Å². The zero-order chi connectivity index (χ0) is 15.6. The number of aromatic nitrogens is 3. The number of para-hydroxylation sites is 2. The van der Waals surface area contributed by atoms with Crippen molar-refractivity contribution in [1.82, 2.24) is 14.4 Å². The van der Waals surface area contributed by atoms with Gasteiger partial charge in [-0.3, -0.25) is 0 Å². The Bertz CT molecular complexity index is 1300. The van der Waals surface area contributed by atoms with Crippen molar-refractivity contribution in [2.75, 3.05) is 0 Å². The summed E-state index contributed by atoms with van der Waals surface area (Å²) in [6.07, 6.45) is 0. The molecule has 0 aliphatic carbocycles. The number of rotatable bonds is 0. The largest absolute Gasteiger partial charge is 0.508 e. The van der Waals surface area contributed by atoms with Crippen LogP contribution in [0.1, 0.15) is 0 Å². The minimum atomic E-state index is -0.440. The summed E-state index contributed by atoms with van der Waals surface area (Å²) >= 11 is 0. The molecule has 5 rings (SSSR count). The first-order valence-corrected chi connectivity index (χ1v) is 7.04. The summed E-state index contributed by atoms with van der Waals surface area (Å²) in [4.78, 5) is 20.9. The first-order chi connectivity index (χ1) is 11.2. The number of phenolic OH excluding ortho intramolecular Hbond substituents is 1. The summed E-state index contributed by atoms with van der Waals surface area (Å²) in [6.45, 7) is 0. The Labute approximate surface area is 128 Å². The zero-order valence-electron chi connectivity index (χ0n) is 11.7. The molecule has 110 valence electrons. The molecule has 0 spiro atoms. The van der Waals surface area contributed by atoms with E-state index in [1.54, 1.807) is 12.1 Å². The van der Waals surface area contributed by atoms with Crippen LogP contribution in [-0.4, -0.2) is 19.5 Å². The SMILES string of the molecule is O=c1nc2oc3cc(O)ccc3cc2c2nc3ccccc3n12. The highest BCUT2D eigenvalue weighted by molar-refractivity contribution is 5.98. The molecule has 0 aliphatic rings. The molecular weight excluding hydrogens is 294 g/mol. The van der Waals surface area contributed by atoms with Crippen LogP contribution < -0.4 is 5.69 Å². The Balaban J connectivity index is 2.06. The van der Waals surface area contributed by atoms with Gasteiger partial charge in [-0.25, -0.2) is 14.2 Å². The molecule has 0 saturated carbocycles. The summed E-state index contributed by atoms with van der Waals surface area (Å²) in [6, 6.07) is 14.1. The third kappa shape index (κ3) is 1.60. The van der Waals surface area contributed by atoms with E-state index in [1.807, 2.05) is 30.3 Å². The molecule has 6 heteroatoms. The summed E-state index contributed by atoms with van der Waals surface area (Å²) in [5.74, 6) is 0.0931. The first kappa shape index (κ1) is 12.2. The van der Waals surface area contributed by atoms with Crippen molar-refractivity contribution in [1.29, 1.82) is 0 Å². The quantitative estimate of drug-likeness (QED) is 0.445. The number of hydrogen-bond donors (Lipinski definition) is 1. The number of aromatic hydroxyl groups is 1. The average molecular weight is 303 g/mol. The van der Waals surface area contributed by atoms with Crippen LogP contribution in [0.3, 0.4) is 0 Å². The van der Waals surface area contributed by atoms with Crippen molar-refractivity contribution in [2.45, 2.75) is 0 Å². The van der Waals surface area contributed by atoms with Gasteiger partial charge in [0, 0.05) is 11.5 Å². The average Bonchev–Trinajstić information content (AvgIpc) is 2.93. The molecule has 0 aliphatic heterocycles. The third-order valence-electron chi connectivity index (χ3n) is 3.92.